The summed E-state index contributed by atoms with van der Waals surface area (Å²) in [5.41, 5.74) is 1.74. The van der Waals surface area contributed by atoms with Crippen LogP contribution in [0.2, 0.25) is 5.02 Å². The summed E-state index contributed by atoms with van der Waals surface area (Å²) in [6.07, 6.45) is 1.97. The van der Waals surface area contributed by atoms with Gasteiger partial charge in [0.25, 0.3) is 5.91 Å². The first-order chi connectivity index (χ1) is 9.61. The Balaban J connectivity index is 2.13. The van der Waals surface area contributed by atoms with E-state index in [0.717, 1.165) is 10.5 Å². The number of carbonyl (C=O) groups is 1. The molecule has 0 heterocycles. The van der Waals surface area contributed by atoms with Crippen molar-refractivity contribution in [1.29, 1.82) is 0 Å². The van der Waals surface area contributed by atoms with Crippen molar-refractivity contribution in [2.75, 3.05) is 6.26 Å². The fraction of sp³-hybridized carbons (Fsp3) is 0.188. The average Bonchev–Trinajstić information content (AvgIpc) is 2.47. The Kier molecular flexibility index (Phi) is 5.10. The van der Waals surface area contributed by atoms with Gasteiger partial charge in [-0.15, -0.1) is 11.8 Å². The first kappa shape index (κ1) is 14.9. The molecule has 0 saturated carbocycles. The minimum atomic E-state index is -0.0605. The minimum Gasteiger partial charge on any atom is -0.345 e. The molecule has 0 bridgehead atoms. The molecule has 2 rings (SSSR count). The maximum Gasteiger partial charge on any atom is 0.252 e. The molecule has 1 atom stereocenters. The number of hydrogen-bond acceptors (Lipinski definition) is 2. The van der Waals surface area contributed by atoms with E-state index in [1.807, 2.05) is 61.7 Å². The average molecular weight is 306 g/mol. The Bertz CT molecular complexity index is 598. The van der Waals surface area contributed by atoms with Gasteiger partial charge >= 0.3 is 0 Å². The van der Waals surface area contributed by atoms with Crippen molar-refractivity contribution in [2.24, 2.45) is 0 Å². The Morgan fingerprint density at radius 2 is 1.80 bits per heavy atom. The highest BCUT2D eigenvalue weighted by Gasteiger charge is 2.14. The molecule has 2 nitrogen and oxygen atoms in total. The van der Waals surface area contributed by atoms with Gasteiger partial charge < -0.3 is 5.32 Å². The molecule has 0 aromatic heterocycles. The smallest absolute Gasteiger partial charge is 0.252 e. The molecule has 2 aromatic rings. The second kappa shape index (κ2) is 6.82. The summed E-state index contributed by atoms with van der Waals surface area (Å²) >= 11 is 7.44. The summed E-state index contributed by atoms with van der Waals surface area (Å²) < 4.78 is 0. The Labute approximate surface area is 128 Å². The van der Waals surface area contributed by atoms with Gasteiger partial charge in [0.05, 0.1) is 11.6 Å². The molecule has 0 aliphatic heterocycles. The molecule has 104 valence electrons. The fourth-order valence-corrected chi connectivity index (χ4v) is 2.66. The van der Waals surface area contributed by atoms with Crippen LogP contribution in [0.4, 0.5) is 0 Å². The molecule has 1 unspecified atom stereocenters. The number of nitrogens with one attached hydrogen (secondary N) is 1. The van der Waals surface area contributed by atoms with E-state index in [4.69, 9.17) is 11.6 Å². The van der Waals surface area contributed by atoms with E-state index in [0.29, 0.717) is 10.6 Å². The van der Waals surface area contributed by atoms with Gasteiger partial charge in [-0.3, -0.25) is 4.79 Å². The lowest BCUT2D eigenvalue weighted by atomic mass is 10.1. The second-order valence-electron chi connectivity index (χ2n) is 4.45. The zero-order valence-corrected chi connectivity index (χ0v) is 13.0. The second-order valence-corrected chi connectivity index (χ2v) is 5.73. The zero-order valence-electron chi connectivity index (χ0n) is 11.4. The van der Waals surface area contributed by atoms with Crippen molar-refractivity contribution in [3.63, 3.8) is 0 Å². The minimum absolute atomic E-state index is 0.0580. The fourth-order valence-electron chi connectivity index (χ4n) is 1.94. The predicted octanol–water partition coefficient (Wildman–Crippen LogP) is 4.55. The number of rotatable bonds is 4. The standard InChI is InChI=1S/C16H16ClNOS/c1-11(12-7-9-13(17)10-8-12)18-16(19)14-5-3-4-6-15(14)20-2/h3-11H,1-2H3,(H,18,19). The summed E-state index contributed by atoms with van der Waals surface area (Å²) in [7, 11) is 0. The van der Waals surface area contributed by atoms with Crippen LogP contribution in [0, 0.1) is 0 Å². The predicted molar refractivity (Wildman–Crippen MR) is 85.6 cm³/mol. The summed E-state index contributed by atoms with van der Waals surface area (Å²) in [6.45, 7) is 1.96. The number of thioether (sulfide) groups is 1. The number of amides is 1. The zero-order chi connectivity index (χ0) is 14.5. The SMILES string of the molecule is CSc1ccccc1C(=O)NC(C)c1ccc(Cl)cc1. The maximum atomic E-state index is 12.3. The molecule has 0 aliphatic rings. The van der Waals surface area contributed by atoms with E-state index in [-0.39, 0.29) is 11.9 Å². The van der Waals surface area contributed by atoms with Crippen LogP contribution in [-0.4, -0.2) is 12.2 Å². The monoisotopic (exact) mass is 305 g/mol. The van der Waals surface area contributed by atoms with E-state index < -0.39 is 0 Å². The molecule has 4 heteroatoms. The molecule has 0 fully saturated rings. The van der Waals surface area contributed by atoms with Crippen LogP contribution >= 0.6 is 23.4 Å². The number of benzene rings is 2. The number of carbonyl (C=O) groups excluding carboxylic acids is 1. The van der Waals surface area contributed by atoms with Gasteiger partial charge in [0.2, 0.25) is 0 Å². The highest BCUT2D eigenvalue weighted by molar-refractivity contribution is 7.98. The molecule has 1 N–H and O–H groups in total. The number of hydrogen-bond donors (Lipinski definition) is 1. The normalized spacial score (nSPS) is 11.9. The van der Waals surface area contributed by atoms with Crippen LogP contribution in [0.5, 0.6) is 0 Å². The molecule has 0 aliphatic carbocycles. The van der Waals surface area contributed by atoms with E-state index in [2.05, 4.69) is 5.32 Å². The topological polar surface area (TPSA) is 29.1 Å². The van der Waals surface area contributed by atoms with E-state index >= 15 is 0 Å². The summed E-state index contributed by atoms with van der Waals surface area (Å²) in [5, 5.41) is 3.71. The van der Waals surface area contributed by atoms with Gasteiger partial charge in [-0.05, 0) is 43.0 Å². The third-order valence-corrected chi connectivity index (χ3v) is 4.12. The molecule has 0 saturated heterocycles. The van der Waals surface area contributed by atoms with Crippen LogP contribution in [-0.2, 0) is 0 Å². The molecular formula is C16H16ClNOS. The largest absolute Gasteiger partial charge is 0.345 e. The van der Waals surface area contributed by atoms with Gasteiger partial charge in [0, 0.05) is 9.92 Å². The first-order valence-corrected chi connectivity index (χ1v) is 7.91. The highest BCUT2D eigenvalue weighted by Crippen LogP contribution is 2.21. The summed E-state index contributed by atoms with van der Waals surface area (Å²) in [5.74, 6) is -0.0580. The molecule has 2 aromatic carbocycles. The molecule has 0 radical (unpaired) electrons. The third kappa shape index (κ3) is 3.56. The highest BCUT2D eigenvalue weighted by atomic mass is 35.5. The molecule has 0 spiro atoms. The van der Waals surface area contributed by atoms with Crippen molar-refractivity contribution >= 4 is 29.3 Å². The summed E-state index contributed by atoms with van der Waals surface area (Å²) in [4.78, 5) is 13.3. The quantitative estimate of drug-likeness (QED) is 0.839. The molecule has 20 heavy (non-hydrogen) atoms. The van der Waals surface area contributed by atoms with Gasteiger partial charge in [-0.2, -0.15) is 0 Å². The first-order valence-electron chi connectivity index (χ1n) is 6.31. The van der Waals surface area contributed by atoms with Crippen LogP contribution in [0.1, 0.15) is 28.9 Å². The molecular weight excluding hydrogens is 290 g/mol. The van der Waals surface area contributed by atoms with Crippen molar-refractivity contribution in [2.45, 2.75) is 17.9 Å². The molecule has 1 amide bonds. The number of halogens is 1. The van der Waals surface area contributed by atoms with Gasteiger partial charge in [-0.1, -0.05) is 35.9 Å². The van der Waals surface area contributed by atoms with Gasteiger partial charge in [0.15, 0.2) is 0 Å². The lowest BCUT2D eigenvalue weighted by Gasteiger charge is -2.15. The van der Waals surface area contributed by atoms with Crippen LogP contribution < -0.4 is 5.32 Å². The van der Waals surface area contributed by atoms with E-state index in [1.165, 1.54) is 0 Å². The maximum absolute atomic E-state index is 12.3. The van der Waals surface area contributed by atoms with E-state index in [1.54, 1.807) is 11.8 Å². The van der Waals surface area contributed by atoms with Crippen LogP contribution in [0.15, 0.2) is 53.4 Å². The Morgan fingerprint density at radius 1 is 1.15 bits per heavy atom. The summed E-state index contributed by atoms with van der Waals surface area (Å²) in [6, 6.07) is 15.1. The lowest BCUT2D eigenvalue weighted by molar-refractivity contribution is 0.0937. The lowest BCUT2D eigenvalue weighted by Crippen LogP contribution is -2.27. The van der Waals surface area contributed by atoms with E-state index in [9.17, 15) is 4.79 Å². The van der Waals surface area contributed by atoms with Crippen molar-refractivity contribution < 1.29 is 4.79 Å². The van der Waals surface area contributed by atoms with Crippen LogP contribution in [0.25, 0.3) is 0 Å². The van der Waals surface area contributed by atoms with Gasteiger partial charge in [0.1, 0.15) is 0 Å². The van der Waals surface area contributed by atoms with Crippen molar-refractivity contribution in [3.05, 3.63) is 64.7 Å². The van der Waals surface area contributed by atoms with Crippen LogP contribution in [0.3, 0.4) is 0 Å². The Hall–Kier alpha value is -1.45. The van der Waals surface area contributed by atoms with Crippen molar-refractivity contribution in [3.8, 4) is 0 Å². The van der Waals surface area contributed by atoms with Crippen molar-refractivity contribution in [1.82, 2.24) is 5.32 Å². The Morgan fingerprint density at radius 3 is 2.45 bits per heavy atom. The third-order valence-electron chi connectivity index (χ3n) is 3.07. The van der Waals surface area contributed by atoms with Gasteiger partial charge in [-0.25, -0.2) is 0 Å².